The van der Waals surface area contributed by atoms with Gasteiger partial charge in [-0.1, -0.05) is 54.1 Å². The number of benzene rings is 3. The van der Waals surface area contributed by atoms with Gasteiger partial charge in [-0.3, -0.25) is 24.1 Å². The van der Waals surface area contributed by atoms with Crippen molar-refractivity contribution in [2.75, 3.05) is 16.9 Å². The zero-order valence-corrected chi connectivity index (χ0v) is 23.3. The van der Waals surface area contributed by atoms with Crippen LogP contribution < -0.4 is 14.5 Å². The molecular weight excluding hydrogens is 532 g/mol. The van der Waals surface area contributed by atoms with Crippen LogP contribution in [0.3, 0.4) is 0 Å². The lowest BCUT2D eigenvalue weighted by Gasteiger charge is -2.49. The van der Waals surface area contributed by atoms with Crippen molar-refractivity contribution in [3.8, 4) is 11.5 Å². The monoisotopic (exact) mass is 562 g/mol. The van der Waals surface area contributed by atoms with E-state index in [1.54, 1.807) is 67.6 Å². The summed E-state index contributed by atoms with van der Waals surface area (Å²) in [4.78, 5) is 58.8. The molecule has 0 radical (unpaired) electrons. The number of imide groups is 2. The fourth-order valence-electron chi connectivity index (χ4n) is 7.91. The van der Waals surface area contributed by atoms with Gasteiger partial charge in [-0.25, -0.2) is 4.90 Å². The van der Waals surface area contributed by atoms with Crippen LogP contribution in [0.15, 0.2) is 90.5 Å². The third kappa shape index (κ3) is 3.47. The van der Waals surface area contributed by atoms with Gasteiger partial charge in [-0.05, 0) is 56.0 Å². The van der Waals surface area contributed by atoms with Gasteiger partial charge in [-0.2, -0.15) is 0 Å². The highest BCUT2D eigenvalue weighted by Gasteiger charge is 2.68. The highest BCUT2D eigenvalue weighted by Crippen LogP contribution is 2.64. The fourth-order valence-corrected chi connectivity index (χ4v) is 7.91. The van der Waals surface area contributed by atoms with Crippen LogP contribution >= 0.6 is 0 Å². The third-order valence-corrected chi connectivity index (χ3v) is 9.85. The summed E-state index contributed by atoms with van der Waals surface area (Å²) in [6.45, 7) is 1.80. The Morgan fingerprint density at radius 1 is 0.810 bits per heavy atom. The number of rotatable bonds is 4. The molecule has 0 spiro atoms. The Morgan fingerprint density at radius 3 is 2.07 bits per heavy atom. The molecule has 3 aromatic carbocycles. The Bertz CT molecular complexity index is 1670. The molecule has 3 aromatic rings. The Labute approximate surface area is 243 Å². The molecule has 2 saturated heterocycles. The lowest BCUT2D eigenvalue weighted by atomic mass is 9.51. The van der Waals surface area contributed by atoms with Gasteiger partial charge in [0.05, 0.1) is 41.7 Å². The molecule has 1 saturated carbocycles. The Hall–Kier alpha value is -4.72. The molecule has 3 fully saturated rings. The fraction of sp³-hybridized carbons (Fsp3) is 0.294. The number of amides is 4. The van der Waals surface area contributed by atoms with Crippen LogP contribution in [-0.2, 0) is 19.2 Å². The van der Waals surface area contributed by atoms with Crippen molar-refractivity contribution in [2.24, 2.45) is 29.1 Å². The number of aromatic hydroxyl groups is 1. The highest BCUT2D eigenvalue weighted by atomic mass is 16.5. The molecule has 212 valence electrons. The van der Waals surface area contributed by atoms with E-state index in [1.807, 2.05) is 18.2 Å². The molecule has 2 heterocycles. The molecule has 42 heavy (non-hydrogen) atoms. The number of carbonyl (C=O) groups excluding carboxylic acids is 4. The van der Waals surface area contributed by atoms with E-state index in [1.165, 1.54) is 23.0 Å². The van der Waals surface area contributed by atoms with E-state index >= 15 is 0 Å². The molecule has 6 unspecified atom stereocenters. The van der Waals surface area contributed by atoms with Crippen molar-refractivity contribution in [1.82, 2.24) is 0 Å². The number of ether oxygens (including phenoxy) is 1. The molecule has 4 amide bonds. The molecule has 0 bridgehead atoms. The van der Waals surface area contributed by atoms with E-state index in [0.717, 1.165) is 5.57 Å². The summed E-state index contributed by atoms with van der Waals surface area (Å²) in [5, 5.41) is 11.3. The summed E-state index contributed by atoms with van der Waals surface area (Å²) in [6.07, 6.45) is 2.57. The molecule has 1 N–H and O–H groups in total. The number of allylic oxidation sites excluding steroid dienone is 2. The smallest absolute Gasteiger partial charge is 0.241 e. The van der Waals surface area contributed by atoms with E-state index in [4.69, 9.17) is 4.74 Å². The number of fused-ring (bicyclic) bond motifs is 4. The summed E-state index contributed by atoms with van der Waals surface area (Å²) < 4.78 is 5.31. The van der Waals surface area contributed by atoms with Crippen LogP contribution in [0.5, 0.6) is 11.5 Å². The minimum atomic E-state index is -1.22. The maximum absolute atomic E-state index is 14.4. The number of carbonyl (C=O) groups is 4. The first-order chi connectivity index (χ1) is 20.3. The van der Waals surface area contributed by atoms with Gasteiger partial charge in [0, 0.05) is 17.5 Å². The van der Waals surface area contributed by atoms with Crippen LogP contribution in [0.2, 0.25) is 0 Å². The first kappa shape index (κ1) is 26.2. The van der Waals surface area contributed by atoms with E-state index < -0.39 is 35.0 Å². The average molecular weight is 563 g/mol. The van der Waals surface area contributed by atoms with Crippen LogP contribution in [-0.4, -0.2) is 35.8 Å². The van der Waals surface area contributed by atoms with Crippen LogP contribution in [0.25, 0.3) is 0 Å². The zero-order chi connectivity index (χ0) is 29.3. The Kier molecular flexibility index (Phi) is 5.87. The summed E-state index contributed by atoms with van der Waals surface area (Å²) in [6, 6.07) is 22.7. The number of phenols is 1. The Balaban J connectivity index is 1.39. The van der Waals surface area contributed by atoms with Gasteiger partial charge in [0.15, 0.2) is 0 Å². The second kappa shape index (κ2) is 9.41. The number of anilines is 2. The van der Waals surface area contributed by atoms with E-state index in [2.05, 4.69) is 0 Å². The average Bonchev–Trinajstić information content (AvgIpc) is 3.37. The van der Waals surface area contributed by atoms with Gasteiger partial charge in [-0.15, -0.1) is 0 Å². The minimum absolute atomic E-state index is 0.0545. The van der Waals surface area contributed by atoms with Crippen molar-refractivity contribution in [3.05, 3.63) is 96.1 Å². The SMILES string of the molecule is COc1ccc(C2C3=CCC4C(=O)N(c5ccccc5)C(=O)C4C3CC3C(=O)N(c4ccccc4)C(=O)C32C)c(O)c1. The van der Waals surface area contributed by atoms with Crippen molar-refractivity contribution >= 4 is 35.0 Å². The molecule has 8 heteroatoms. The summed E-state index contributed by atoms with van der Waals surface area (Å²) >= 11 is 0. The van der Waals surface area contributed by atoms with Crippen molar-refractivity contribution in [3.63, 3.8) is 0 Å². The Morgan fingerprint density at radius 2 is 1.45 bits per heavy atom. The predicted octanol–water partition coefficient (Wildman–Crippen LogP) is 4.84. The van der Waals surface area contributed by atoms with Crippen molar-refractivity contribution in [1.29, 1.82) is 0 Å². The lowest BCUT2D eigenvalue weighted by molar-refractivity contribution is -0.131. The van der Waals surface area contributed by atoms with Gasteiger partial charge < -0.3 is 9.84 Å². The molecule has 6 atom stereocenters. The van der Waals surface area contributed by atoms with Gasteiger partial charge in [0.1, 0.15) is 11.5 Å². The lowest BCUT2D eigenvalue weighted by Crippen LogP contribution is -2.48. The maximum Gasteiger partial charge on any atom is 0.241 e. The molecule has 2 aliphatic heterocycles. The molecule has 0 aromatic heterocycles. The van der Waals surface area contributed by atoms with Crippen molar-refractivity contribution < 1.29 is 29.0 Å². The predicted molar refractivity (Wildman–Crippen MR) is 155 cm³/mol. The number of phenolic OH excluding ortho intramolecular Hbond substituents is 1. The summed E-state index contributed by atoms with van der Waals surface area (Å²) in [7, 11) is 1.50. The molecular formula is C34H30N2O6. The first-order valence-corrected chi connectivity index (χ1v) is 14.2. The second-order valence-electron chi connectivity index (χ2n) is 11.8. The van der Waals surface area contributed by atoms with E-state index in [-0.39, 0.29) is 35.8 Å². The zero-order valence-electron chi connectivity index (χ0n) is 23.3. The number of methoxy groups -OCH3 is 1. The van der Waals surface area contributed by atoms with Crippen LogP contribution in [0.4, 0.5) is 11.4 Å². The number of para-hydroxylation sites is 2. The molecule has 2 aliphatic carbocycles. The van der Waals surface area contributed by atoms with Gasteiger partial charge in [0.2, 0.25) is 23.6 Å². The first-order valence-electron chi connectivity index (χ1n) is 14.2. The maximum atomic E-state index is 14.4. The summed E-state index contributed by atoms with van der Waals surface area (Å²) in [5.74, 6) is -3.93. The third-order valence-electron chi connectivity index (χ3n) is 9.85. The van der Waals surface area contributed by atoms with Crippen LogP contribution in [0.1, 0.15) is 31.2 Å². The standard InChI is InChI=1S/C34H30N2O6/c1-34-26(31(39)36(33(34)41)20-11-7-4-8-12-20)18-25-22(29(34)23-14-13-21(42-2)17-27(23)37)15-16-24-28(25)32(40)35(30(24)38)19-9-5-3-6-10-19/h3-15,17,24-26,28-29,37H,16,18H2,1-2H3. The highest BCUT2D eigenvalue weighted by molar-refractivity contribution is 6.25. The topological polar surface area (TPSA) is 104 Å². The van der Waals surface area contributed by atoms with E-state index in [9.17, 15) is 24.3 Å². The number of nitrogens with zero attached hydrogens (tertiary/aromatic N) is 2. The molecule has 7 rings (SSSR count). The van der Waals surface area contributed by atoms with Crippen LogP contribution in [0, 0.1) is 29.1 Å². The molecule has 4 aliphatic rings. The molecule has 8 nitrogen and oxygen atoms in total. The normalized spacial score (nSPS) is 30.1. The number of hydrogen-bond acceptors (Lipinski definition) is 6. The van der Waals surface area contributed by atoms with Gasteiger partial charge >= 0.3 is 0 Å². The van der Waals surface area contributed by atoms with E-state index in [0.29, 0.717) is 29.1 Å². The summed E-state index contributed by atoms with van der Waals surface area (Å²) in [5.41, 5.74) is 1.10. The van der Waals surface area contributed by atoms with Crippen molar-refractivity contribution in [2.45, 2.75) is 25.7 Å². The number of hydrogen-bond donors (Lipinski definition) is 1. The van der Waals surface area contributed by atoms with Gasteiger partial charge in [0.25, 0.3) is 0 Å². The quantitative estimate of drug-likeness (QED) is 0.361. The minimum Gasteiger partial charge on any atom is -0.508 e. The largest absolute Gasteiger partial charge is 0.508 e. The second-order valence-corrected chi connectivity index (χ2v) is 11.8.